The molecule has 1 aromatic carbocycles. The molecule has 0 saturated carbocycles. The van der Waals surface area contributed by atoms with E-state index in [-0.39, 0.29) is 0 Å². The molecule has 2 aromatic heterocycles. The van der Waals surface area contributed by atoms with E-state index in [9.17, 15) is 0 Å². The molecule has 17 heavy (non-hydrogen) atoms. The molecule has 0 unspecified atom stereocenters. The first-order chi connectivity index (χ1) is 8.42. The first-order valence-electron chi connectivity index (χ1n) is 5.63. The van der Waals surface area contributed by atoms with E-state index in [1.54, 1.807) is 0 Å². The molecule has 0 radical (unpaired) electrons. The lowest BCUT2D eigenvalue weighted by Gasteiger charge is -1.94. The Morgan fingerprint density at radius 2 is 1.88 bits per heavy atom. The standard InChI is InChI=1S/C14H13N3/c1-2-4-12(5-3-1)13-10-16-14(17-13)8-11-6-7-15-9-11/h1-7,9-10,15H,8H2,(H,16,17). The Morgan fingerprint density at radius 3 is 2.65 bits per heavy atom. The number of rotatable bonds is 3. The molecular weight excluding hydrogens is 210 g/mol. The zero-order valence-electron chi connectivity index (χ0n) is 9.35. The average molecular weight is 223 g/mol. The third-order valence-corrected chi connectivity index (χ3v) is 2.73. The van der Waals surface area contributed by atoms with Crippen LogP contribution in [0.15, 0.2) is 55.0 Å². The predicted octanol–water partition coefficient (Wildman–Crippen LogP) is 3.00. The van der Waals surface area contributed by atoms with E-state index < -0.39 is 0 Å². The Bertz CT molecular complexity index is 579. The molecule has 0 aliphatic heterocycles. The predicted molar refractivity (Wildman–Crippen MR) is 67.6 cm³/mol. The quantitative estimate of drug-likeness (QED) is 0.704. The molecule has 0 amide bonds. The van der Waals surface area contributed by atoms with Crippen LogP contribution in [-0.4, -0.2) is 15.0 Å². The Hall–Kier alpha value is -2.29. The maximum atomic E-state index is 4.59. The van der Waals surface area contributed by atoms with E-state index in [0.717, 1.165) is 23.5 Å². The van der Waals surface area contributed by atoms with Gasteiger partial charge in [0.25, 0.3) is 0 Å². The van der Waals surface area contributed by atoms with Crippen molar-refractivity contribution in [2.75, 3.05) is 0 Å². The second-order valence-electron chi connectivity index (χ2n) is 3.99. The fraction of sp³-hybridized carbons (Fsp3) is 0.0714. The van der Waals surface area contributed by atoms with Gasteiger partial charge < -0.3 is 9.97 Å². The number of nitrogens with one attached hydrogen (secondary N) is 2. The molecule has 84 valence electrons. The number of benzene rings is 1. The molecule has 0 aliphatic carbocycles. The van der Waals surface area contributed by atoms with Gasteiger partial charge in [0.1, 0.15) is 5.82 Å². The van der Waals surface area contributed by atoms with Gasteiger partial charge in [0.05, 0.1) is 5.69 Å². The van der Waals surface area contributed by atoms with Crippen LogP contribution in [0.3, 0.4) is 0 Å². The summed E-state index contributed by atoms with van der Waals surface area (Å²) in [5.41, 5.74) is 3.37. The fourth-order valence-electron chi connectivity index (χ4n) is 1.87. The van der Waals surface area contributed by atoms with Crippen LogP contribution >= 0.6 is 0 Å². The molecule has 0 aliphatic rings. The highest BCUT2D eigenvalue weighted by molar-refractivity contribution is 5.58. The average Bonchev–Trinajstić information content (AvgIpc) is 3.02. The van der Waals surface area contributed by atoms with Crippen LogP contribution in [0, 0.1) is 0 Å². The SMILES string of the molecule is c1ccc(-c2c[nH]c(Cc3cc[nH]c3)n2)cc1. The summed E-state index contributed by atoms with van der Waals surface area (Å²) in [5, 5.41) is 0. The van der Waals surface area contributed by atoms with E-state index in [4.69, 9.17) is 0 Å². The zero-order valence-corrected chi connectivity index (χ0v) is 9.35. The van der Waals surface area contributed by atoms with Crippen molar-refractivity contribution in [2.24, 2.45) is 0 Å². The van der Waals surface area contributed by atoms with Gasteiger partial charge in [-0.1, -0.05) is 30.3 Å². The van der Waals surface area contributed by atoms with Crippen molar-refractivity contribution in [3.8, 4) is 11.3 Å². The lowest BCUT2D eigenvalue weighted by Crippen LogP contribution is -1.88. The van der Waals surface area contributed by atoms with Gasteiger partial charge in [-0.25, -0.2) is 4.98 Å². The molecule has 2 N–H and O–H groups in total. The van der Waals surface area contributed by atoms with E-state index in [2.05, 4.69) is 33.2 Å². The van der Waals surface area contributed by atoms with Crippen LogP contribution in [0.1, 0.15) is 11.4 Å². The summed E-state index contributed by atoms with van der Waals surface area (Å²) in [6.07, 6.45) is 6.70. The van der Waals surface area contributed by atoms with Crippen LogP contribution in [0.25, 0.3) is 11.3 Å². The van der Waals surface area contributed by atoms with Crippen molar-refractivity contribution in [3.63, 3.8) is 0 Å². The van der Waals surface area contributed by atoms with Crippen molar-refractivity contribution in [3.05, 3.63) is 66.4 Å². The normalized spacial score (nSPS) is 10.6. The van der Waals surface area contributed by atoms with Gasteiger partial charge in [0.15, 0.2) is 0 Å². The molecule has 3 heteroatoms. The minimum atomic E-state index is 0.830. The van der Waals surface area contributed by atoms with E-state index in [0.29, 0.717) is 0 Å². The highest BCUT2D eigenvalue weighted by Gasteiger charge is 2.04. The summed E-state index contributed by atoms with van der Waals surface area (Å²) in [6, 6.07) is 12.2. The Balaban J connectivity index is 1.84. The summed E-state index contributed by atoms with van der Waals surface area (Å²) >= 11 is 0. The van der Waals surface area contributed by atoms with E-state index in [1.807, 2.05) is 36.8 Å². The van der Waals surface area contributed by atoms with Crippen molar-refractivity contribution >= 4 is 0 Å². The molecule has 3 nitrogen and oxygen atoms in total. The Morgan fingerprint density at radius 1 is 1.00 bits per heavy atom. The lowest BCUT2D eigenvalue weighted by molar-refractivity contribution is 1.03. The first-order valence-corrected chi connectivity index (χ1v) is 5.63. The third kappa shape index (κ3) is 2.13. The summed E-state index contributed by atoms with van der Waals surface area (Å²) in [5.74, 6) is 0.989. The second-order valence-corrected chi connectivity index (χ2v) is 3.99. The van der Waals surface area contributed by atoms with Gasteiger partial charge in [-0.2, -0.15) is 0 Å². The second kappa shape index (κ2) is 4.29. The zero-order chi connectivity index (χ0) is 11.5. The van der Waals surface area contributed by atoms with Gasteiger partial charge in [-0.05, 0) is 11.6 Å². The minimum Gasteiger partial charge on any atom is -0.367 e. The van der Waals surface area contributed by atoms with E-state index in [1.165, 1.54) is 5.56 Å². The largest absolute Gasteiger partial charge is 0.367 e. The first kappa shape index (κ1) is 9.90. The number of H-pyrrole nitrogens is 2. The fourth-order valence-corrected chi connectivity index (χ4v) is 1.87. The van der Waals surface area contributed by atoms with Gasteiger partial charge in [0, 0.05) is 30.6 Å². The molecule has 3 aromatic rings. The number of imidazole rings is 1. The molecule has 0 spiro atoms. The molecular formula is C14H13N3. The summed E-state index contributed by atoms with van der Waals surface area (Å²) in [7, 11) is 0. The topological polar surface area (TPSA) is 44.5 Å². The van der Waals surface area contributed by atoms with Crippen molar-refractivity contribution in [2.45, 2.75) is 6.42 Å². The summed E-state index contributed by atoms with van der Waals surface area (Å²) in [6.45, 7) is 0. The maximum Gasteiger partial charge on any atom is 0.111 e. The Labute approximate surface area is 99.5 Å². The maximum absolute atomic E-state index is 4.59. The lowest BCUT2D eigenvalue weighted by atomic mass is 10.2. The van der Waals surface area contributed by atoms with Crippen molar-refractivity contribution in [1.29, 1.82) is 0 Å². The van der Waals surface area contributed by atoms with Crippen molar-refractivity contribution < 1.29 is 0 Å². The van der Waals surface area contributed by atoms with Gasteiger partial charge in [-0.15, -0.1) is 0 Å². The molecule has 3 rings (SSSR count). The summed E-state index contributed by atoms with van der Waals surface area (Å²) < 4.78 is 0. The van der Waals surface area contributed by atoms with Crippen LogP contribution in [0.4, 0.5) is 0 Å². The molecule has 0 atom stereocenters. The molecule has 0 saturated heterocycles. The minimum absolute atomic E-state index is 0.830. The van der Waals surface area contributed by atoms with Gasteiger partial charge in [-0.3, -0.25) is 0 Å². The molecule has 0 fully saturated rings. The molecule has 0 bridgehead atoms. The third-order valence-electron chi connectivity index (χ3n) is 2.73. The Kier molecular flexibility index (Phi) is 2.50. The van der Waals surface area contributed by atoms with Gasteiger partial charge in [0.2, 0.25) is 0 Å². The van der Waals surface area contributed by atoms with Crippen LogP contribution < -0.4 is 0 Å². The summed E-state index contributed by atoms with van der Waals surface area (Å²) in [4.78, 5) is 10.9. The van der Waals surface area contributed by atoms with Crippen LogP contribution in [0.2, 0.25) is 0 Å². The molecule has 2 heterocycles. The highest BCUT2D eigenvalue weighted by Crippen LogP contribution is 2.17. The van der Waals surface area contributed by atoms with Crippen LogP contribution in [-0.2, 0) is 6.42 Å². The van der Waals surface area contributed by atoms with E-state index >= 15 is 0 Å². The number of aromatic amines is 2. The van der Waals surface area contributed by atoms with Crippen LogP contribution in [0.5, 0.6) is 0 Å². The monoisotopic (exact) mass is 223 g/mol. The number of hydrogen-bond donors (Lipinski definition) is 2. The number of aromatic nitrogens is 3. The van der Waals surface area contributed by atoms with Crippen molar-refractivity contribution in [1.82, 2.24) is 15.0 Å². The highest BCUT2D eigenvalue weighted by atomic mass is 14.9. The number of hydrogen-bond acceptors (Lipinski definition) is 1. The van der Waals surface area contributed by atoms with Gasteiger partial charge >= 0.3 is 0 Å². The smallest absolute Gasteiger partial charge is 0.111 e. The number of nitrogens with zero attached hydrogens (tertiary/aromatic N) is 1.